The molecule has 0 bridgehead atoms. The van der Waals surface area contributed by atoms with Crippen molar-refractivity contribution in [2.45, 2.75) is 6.92 Å². The minimum Gasteiger partial charge on any atom is -0.340 e. The molecule has 2 rings (SSSR count). The van der Waals surface area contributed by atoms with Crippen molar-refractivity contribution in [2.24, 2.45) is 0 Å². The summed E-state index contributed by atoms with van der Waals surface area (Å²) in [6.45, 7) is 3.31. The molecule has 0 radical (unpaired) electrons. The third kappa shape index (κ3) is 3.82. The van der Waals surface area contributed by atoms with Gasteiger partial charge in [-0.2, -0.15) is 0 Å². The molecule has 0 saturated heterocycles. The van der Waals surface area contributed by atoms with Crippen LogP contribution in [0.2, 0.25) is 0 Å². The topological polar surface area (TPSA) is 62.5 Å². The minimum atomic E-state index is 0. The van der Waals surface area contributed by atoms with Crippen LogP contribution >= 0.6 is 24.8 Å². The van der Waals surface area contributed by atoms with Gasteiger partial charge in [-0.15, -0.1) is 35.0 Å². The van der Waals surface area contributed by atoms with Crippen LogP contribution in [-0.2, 0) is 0 Å². The Labute approximate surface area is 130 Å². The molecular formula is C12H19Cl2N5O. The number of aromatic nitrogens is 3. The summed E-state index contributed by atoms with van der Waals surface area (Å²) in [6.07, 6.45) is 1.78. The first kappa shape index (κ1) is 18.6. The summed E-state index contributed by atoms with van der Waals surface area (Å²) >= 11 is 0. The van der Waals surface area contributed by atoms with E-state index in [-0.39, 0.29) is 30.7 Å². The van der Waals surface area contributed by atoms with Crippen LogP contribution < -0.4 is 5.32 Å². The number of likely N-dealkylation sites (N-methyl/N-ethyl adjacent to an activating group) is 2. The molecule has 6 nitrogen and oxygen atoms in total. The summed E-state index contributed by atoms with van der Waals surface area (Å²) in [5, 5.41) is 11.0. The Hall–Kier alpha value is -1.37. The van der Waals surface area contributed by atoms with Crippen molar-refractivity contribution in [1.29, 1.82) is 0 Å². The summed E-state index contributed by atoms with van der Waals surface area (Å²) in [7, 11) is 3.66. The average Bonchev–Trinajstić information content (AvgIpc) is 2.76. The molecule has 0 aliphatic heterocycles. The van der Waals surface area contributed by atoms with Crippen molar-refractivity contribution in [3.05, 3.63) is 29.7 Å². The number of carbonyl (C=O) groups is 1. The Morgan fingerprint density at radius 3 is 2.70 bits per heavy atom. The zero-order valence-electron chi connectivity index (χ0n) is 11.7. The molecule has 1 N–H and O–H groups in total. The smallest absolute Gasteiger partial charge is 0.255 e. The van der Waals surface area contributed by atoms with Crippen LogP contribution in [0.15, 0.2) is 18.3 Å². The van der Waals surface area contributed by atoms with Gasteiger partial charge in [-0.1, -0.05) is 0 Å². The predicted molar refractivity (Wildman–Crippen MR) is 83.1 cm³/mol. The number of hydrogen-bond donors (Lipinski definition) is 1. The summed E-state index contributed by atoms with van der Waals surface area (Å²) in [5.41, 5.74) is 1.39. The molecule has 20 heavy (non-hydrogen) atoms. The summed E-state index contributed by atoms with van der Waals surface area (Å²) < 4.78 is 1.82. The maximum Gasteiger partial charge on any atom is 0.255 e. The van der Waals surface area contributed by atoms with E-state index in [1.54, 1.807) is 30.3 Å². The Morgan fingerprint density at radius 1 is 1.35 bits per heavy atom. The lowest BCUT2D eigenvalue weighted by atomic mass is 10.2. The third-order valence-corrected chi connectivity index (χ3v) is 2.86. The molecule has 1 amide bonds. The van der Waals surface area contributed by atoms with E-state index in [0.29, 0.717) is 12.1 Å². The monoisotopic (exact) mass is 319 g/mol. The first-order valence-electron chi connectivity index (χ1n) is 5.85. The van der Waals surface area contributed by atoms with Crippen molar-refractivity contribution < 1.29 is 4.79 Å². The molecule has 2 aromatic rings. The molecule has 8 heteroatoms. The van der Waals surface area contributed by atoms with Gasteiger partial charge in [-0.25, -0.2) is 0 Å². The number of carbonyl (C=O) groups excluding carboxylic acids is 1. The molecule has 0 aromatic carbocycles. The third-order valence-electron chi connectivity index (χ3n) is 2.86. The maximum absolute atomic E-state index is 12.2. The van der Waals surface area contributed by atoms with E-state index in [1.165, 1.54) is 0 Å². The zero-order chi connectivity index (χ0) is 13.1. The fourth-order valence-electron chi connectivity index (χ4n) is 1.73. The highest BCUT2D eigenvalue weighted by atomic mass is 35.5. The Morgan fingerprint density at radius 2 is 2.05 bits per heavy atom. The number of rotatable bonds is 4. The fraction of sp³-hybridized carbons (Fsp3) is 0.417. The molecule has 0 fully saturated rings. The number of hydrogen-bond acceptors (Lipinski definition) is 4. The Kier molecular flexibility index (Phi) is 7.49. The lowest BCUT2D eigenvalue weighted by Gasteiger charge is -2.16. The highest BCUT2D eigenvalue weighted by Crippen LogP contribution is 2.08. The van der Waals surface area contributed by atoms with E-state index < -0.39 is 0 Å². The van der Waals surface area contributed by atoms with Crippen LogP contribution in [-0.4, -0.2) is 52.6 Å². The van der Waals surface area contributed by atoms with Gasteiger partial charge in [0.2, 0.25) is 0 Å². The summed E-state index contributed by atoms with van der Waals surface area (Å²) in [4.78, 5) is 13.9. The van der Waals surface area contributed by atoms with E-state index >= 15 is 0 Å². The molecule has 0 saturated carbocycles. The van der Waals surface area contributed by atoms with Gasteiger partial charge >= 0.3 is 0 Å². The van der Waals surface area contributed by atoms with Crippen LogP contribution in [0.4, 0.5) is 0 Å². The lowest BCUT2D eigenvalue weighted by molar-refractivity contribution is 0.0796. The van der Waals surface area contributed by atoms with Crippen molar-refractivity contribution in [2.75, 3.05) is 27.2 Å². The SMILES string of the molecule is CNCCN(C)C(=O)c1ccc2nnc(C)n2c1.Cl.Cl. The fourth-order valence-corrected chi connectivity index (χ4v) is 1.73. The van der Waals surface area contributed by atoms with Gasteiger partial charge in [0, 0.05) is 26.3 Å². The minimum absolute atomic E-state index is 0. The number of fused-ring (bicyclic) bond motifs is 1. The van der Waals surface area contributed by atoms with Crippen LogP contribution in [0.25, 0.3) is 5.65 Å². The van der Waals surface area contributed by atoms with Gasteiger partial charge in [0.05, 0.1) is 5.56 Å². The molecule has 0 unspecified atom stereocenters. The van der Waals surface area contributed by atoms with Crippen molar-refractivity contribution in [3.63, 3.8) is 0 Å². The van der Waals surface area contributed by atoms with E-state index in [2.05, 4.69) is 15.5 Å². The average molecular weight is 320 g/mol. The molecule has 2 aromatic heterocycles. The van der Waals surface area contributed by atoms with Crippen molar-refractivity contribution in [1.82, 2.24) is 24.8 Å². The largest absolute Gasteiger partial charge is 0.340 e. The number of amides is 1. The highest BCUT2D eigenvalue weighted by molar-refractivity contribution is 5.94. The number of nitrogens with one attached hydrogen (secondary N) is 1. The molecule has 0 spiro atoms. The molecule has 112 valence electrons. The molecule has 0 aliphatic carbocycles. The van der Waals surface area contributed by atoms with Gasteiger partial charge in [0.15, 0.2) is 5.65 Å². The molecular weight excluding hydrogens is 301 g/mol. The predicted octanol–water partition coefficient (Wildman–Crippen LogP) is 1.17. The molecule has 0 atom stereocenters. The highest BCUT2D eigenvalue weighted by Gasteiger charge is 2.12. The second-order valence-corrected chi connectivity index (χ2v) is 4.22. The first-order chi connectivity index (χ1) is 8.63. The normalized spacial score (nSPS) is 9.75. The zero-order valence-corrected chi connectivity index (χ0v) is 13.3. The van der Waals surface area contributed by atoms with Gasteiger partial charge in [0.1, 0.15) is 5.82 Å². The quantitative estimate of drug-likeness (QED) is 0.919. The lowest BCUT2D eigenvalue weighted by Crippen LogP contribution is -2.32. The standard InChI is InChI=1S/C12H17N5O.2ClH/c1-9-14-15-11-5-4-10(8-17(9)11)12(18)16(3)7-6-13-2;;/h4-5,8,13H,6-7H2,1-3H3;2*1H. The number of halogens is 2. The van der Waals surface area contributed by atoms with Crippen LogP contribution in [0, 0.1) is 6.92 Å². The van der Waals surface area contributed by atoms with E-state index in [4.69, 9.17) is 0 Å². The van der Waals surface area contributed by atoms with E-state index in [1.807, 2.05) is 18.4 Å². The number of nitrogens with zero attached hydrogens (tertiary/aromatic N) is 4. The number of pyridine rings is 1. The second kappa shape index (κ2) is 8.04. The Balaban J connectivity index is 0.00000180. The molecule has 0 aliphatic rings. The second-order valence-electron chi connectivity index (χ2n) is 4.22. The van der Waals surface area contributed by atoms with Gasteiger partial charge in [0.25, 0.3) is 5.91 Å². The summed E-state index contributed by atoms with van der Waals surface area (Å²) in [5.74, 6) is 0.776. The number of aryl methyl sites for hydroxylation is 1. The first-order valence-corrected chi connectivity index (χ1v) is 5.85. The van der Waals surface area contributed by atoms with E-state index in [9.17, 15) is 4.79 Å². The van der Waals surface area contributed by atoms with Crippen LogP contribution in [0.5, 0.6) is 0 Å². The molecule has 2 heterocycles. The maximum atomic E-state index is 12.2. The van der Waals surface area contributed by atoms with Crippen molar-refractivity contribution in [3.8, 4) is 0 Å². The van der Waals surface area contributed by atoms with E-state index in [0.717, 1.165) is 18.0 Å². The van der Waals surface area contributed by atoms with Gasteiger partial charge < -0.3 is 10.2 Å². The van der Waals surface area contributed by atoms with Gasteiger partial charge in [-0.3, -0.25) is 9.20 Å². The van der Waals surface area contributed by atoms with Crippen LogP contribution in [0.3, 0.4) is 0 Å². The van der Waals surface area contributed by atoms with Gasteiger partial charge in [-0.05, 0) is 26.1 Å². The Bertz CT molecular complexity index is 572. The van der Waals surface area contributed by atoms with Crippen molar-refractivity contribution >= 4 is 36.4 Å². The van der Waals surface area contributed by atoms with Crippen LogP contribution in [0.1, 0.15) is 16.2 Å². The summed E-state index contributed by atoms with van der Waals surface area (Å²) in [6, 6.07) is 3.58.